The summed E-state index contributed by atoms with van der Waals surface area (Å²) in [4.78, 5) is 24.2. The van der Waals surface area contributed by atoms with Crippen LogP contribution in [0, 0.1) is 0 Å². The summed E-state index contributed by atoms with van der Waals surface area (Å²) in [5, 5.41) is 2.86. The van der Waals surface area contributed by atoms with Gasteiger partial charge in [-0.2, -0.15) is 13.2 Å². The molecule has 0 radical (unpaired) electrons. The monoisotopic (exact) mass is 363 g/mol. The number of hydrogen-bond donors (Lipinski definition) is 1. The molecule has 1 aromatic heterocycles. The predicted octanol–water partition coefficient (Wildman–Crippen LogP) is 3.99. The van der Waals surface area contributed by atoms with Gasteiger partial charge in [-0.3, -0.25) is 9.59 Å². The van der Waals surface area contributed by atoms with Crippen molar-refractivity contribution in [3.8, 4) is 5.75 Å². The van der Waals surface area contributed by atoms with Gasteiger partial charge in [0.05, 0.1) is 5.39 Å². The third kappa shape index (κ3) is 4.21. The molecule has 3 aromatic rings. The van der Waals surface area contributed by atoms with Gasteiger partial charge >= 0.3 is 6.18 Å². The Labute approximate surface area is 145 Å². The standard InChI is InChI=1S/C18H12F3NO4/c19-18(20,21)10-25-12-7-5-11(6-8-12)22-17(24)16-9-14(23)13-3-1-2-4-15(13)26-16/h1-9H,10H2,(H,22,24). The van der Waals surface area contributed by atoms with Crippen LogP contribution in [0.3, 0.4) is 0 Å². The molecular formula is C18H12F3NO4. The Hall–Kier alpha value is -3.29. The molecule has 26 heavy (non-hydrogen) atoms. The van der Waals surface area contributed by atoms with E-state index in [4.69, 9.17) is 4.42 Å². The number of halogens is 3. The van der Waals surface area contributed by atoms with Crippen molar-refractivity contribution >= 4 is 22.6 Å². The van der Waals surface area contributed by atoms with Gasteiger partial charge in [0.1, 0.15) is 11.3 Å². The highest BCUT2D eigenvalue weighted by molar-refractivity contribution is 6.02. The first kappa shape index (κ1) is 17.5. The normalized spacial score (nSPS) is 11.3. The second kappa shape index (κ2) is 6.91. The van der Waals surface area contributed by atoms with Crippen molar-refractivity contribution in [1.29, 1.82) is 0 Å². The van der Waals surface area contributed by atoms with Crippen molar-refractivity contribution in [3.05, 3.63) is 70.6 Å². The zero-order valence-corrected chi connectivity index (χ0v) is 13.2. The van der Waals surface area contributed by atoms with E-state index in [1.54, 1.807) is 24.3 Å². The van der Waals surface area contributed by atoms with E-state index in [9.17, 15) is 22.8 Å². The van der Waals surface area contributed by atoms with Crippen molar-refractivity contribution in [2.45, 2.75) is 6.18 Å². The van der Waals surface area contributed by atoms with Crippen LogP contribution < -0.4 is 15.5 Å². The third-order valence-electron chi connectivity index (χ3n) is 3.37. The number of fused-ring (bicyclic) bond motifs is 1. The number of benzene rings is 2. The van der Waals surface area contributed by atoms with Gasteiger partial charge in [-0.1, -0.05) is 12.1 Å². The predicted molar refractivity (Wildman–Crippen MR) is 88.4 cm³/mol. The summed E-state index contributed by atoms with van der Waals surface area (Å²) in [6.45, 7) is -1.40. The number of carbonyl (C=O) groups is 1. The van der Waals surface area contributed by atoms with E-state index < -0.39 is 18.7 Å². The third-order valence-corrected chi connectivity index (χ3v) is 3.37. The molecule has 0 atom stereocenters. The van der Waals surface area contributed by atoms with Gasteiger partial charge in [0, 0.05) is 11.8 Å². The fraction of sp³-hybridized carbons (Fsp3) is 0.111. The Kier molecular flexibility index (Phi) is 4.66. The van der Waals surface area contributed by atoms with Crippen LogP contribution in [-0.2, 0) is 0 Å². The minimum absolute atomic E-state index is 0.0116. The number of para-hydroxylation sites is 1. The van der Waals surface area contributed by atoms with E-state index in [0.717, 1.165) is 6.07 Å². The van der Waals surface area contributed by atoms with Gasteiger partial charge < -0.3 is 14.5 Å². The van der Waals surface area contributed by atoms with E-state index in [2.05, 4.69) is 10.1 Å². The molecule has 0 spiro atoms. The maximum atomic E-state index is 12.2. The minimum Gasteiger partial charge on any atom is -0.484 e. The number of hydrogen-bond acceptors (Lipinski definition) is 4. The van der Waals surface area contributed by atoms with Crippen LogP contribution in [0.4, 0.5) is 18.9 Å². The van der Waals surface area contributed by atoms with Crippen molar-refractivity contribution in [2.75, 3.05) is 11.9 Å². The molecule has 1 N–H and O–H groups in total. The molecule has 3 rings (SSSR count). The number of rotatable bonds is 4. The first-order valence-corrected chi connectivity index (χ1v) is 7.46. The summed E-state index contributed by atoms with van der Waals surface area (Å²) < 4.78 is 46.3. The second-order valence-corrected chi connectivity index (χ2v) is 5.35. The number of alkyl halides is 3. The Bertz CT molecular complexity index is 994. The molecule has 0 unspecified atom stereocenters. The highest BCUT2D eigenvalue weighted by Crippen LogP contribution is 2.21. The fourth-order valence-electron chi connectivity index (χ4n) is 2.21. The summed E-state index contributed by atoms with van der Waals surface area (Å²) in [5.74, 6) is -0.819. The molecule has 0 saturated heterocycles. The van der Waals surface area contributed by atoms with Gasteiger partial charge in [-0.05, 0) is 36.4 Å². The smallest absolute Gasteiger partial charge is 0.422 e. The minimum atomic E-state index is -4.43. The van der Waals surface area contributed by atoms with Crippen LogP contribution in [0.5, 0.6) is 5.75 Å². The number of anilines is 1. The van der Waals surface area contributed by atoms with E-state index in [1.807, 2.05) is 0 Å². The zero-order chi connectivity index (χ0) is 18.7. The van der Waals surface area contributed by atoms with Gasteiger partial charge in [0.15, 0.2) is 17.8 Å². The van der Waals surface area contributed by atoms with Crippen LogP contribution >= 0.6 is 0 Å². The highest BCUT2D eigenvalue weighted by atomic mass is 19.4. The zero-order valence-electron chi connectivity index (χ0n) is 13.2. The van der Waals surface area contributed by atoms with E-state index in [1.165, 1.54) is 24.3 Å². The lowest BCUT2D eigenvalue weighted by Crippen LogP contribution is -2.19. The molecule has 1 amide bonds. The number of nitrogens with one attached hydrogen (secondary N) is 1. The van der Waals surface area contributed by atoms with Crippen LogP contribution in [0.25, 0.3) is 11.0 Å². The van der Waals surface area contributed by atoms with Crippen LogP contribution in [0.1, 0.15) is 10.6 Å². The molecule has 8 heteroatoms. The lowest BCUT2D eigenvalue weighted by atomic mass is 10.2. The topological polar surface area (TPSA) is 68.5 Å². The summed E-state index contributed by atoms with van der Waals surface area (Å²) >= 11 is 0. The molecule has 0 aliphatic rings. The summed E-state index contributed by atoms with van der Waals surface area (Å²) in [6.07, 6.45) is -4.43. The van der Waals surface area contributed by atoms with Crippen LogP contribution in [0.2, 0.25) is 0 Å². The lowest BCUT2D eigenvalue weighted by molar-refractivity contribution is -0.153. The number of ether oxygens (including phenoxy) is 1. The number of carbonyl (C=O) groups excluding carboxylic acids is 1. The summed E-state index contributed by atoms with van der Waals surface area (Å²) in [7, 11) is 0. The van der Waals surface area contributed by atoms with E-state index in [-0.39, 0.29) is 22.5 Å². The molecule has 1 heterocycles. The molecule has 0 saturated carbocycles. The van der Waals surface area contributed by atoms with Crippen LogP contribution in [0.15, 0.2) is 63.8 Å². The number of amides is 1. The van der Waals surface area contributed by atoms with Crippen molar-refractivity contribution in [1.82, 2.24) is 0 Å². The fourth-order valence-corrected chi connectivity index (χ4v) is 2.21. The average Bonchev–Trinajstić information content (AvgIpc) is 2.60. The molecule has 0 fully saturated rings. The molecule has 0 bridgehead atoms. The van der Waals surface area contributed by atoms with Crippen LogP contribution in [-0.4, -0.2) is 18.7 Å². The molecular weight excluding hydrogens is 351 g/mol. The maximum absolute atomic E-state index is 12.2. The molecule has 0 aliphatic carbocycles. The molecule has 2 aromatic carbocycles. The first-order valence-electron chi connectivity index (χ1n) is 7.46. The summed E-state index contributed by atoms with van der Waals surface area (Å²) in [6, 6.07) is 12.9. The Balaban J connectivity index is 1.73. The Morgan fingerprint density at radius 1 is 1.08 bits per heavy atom. The van der Waals surface area contributed by atoms with Crippen molar-refractivity contribution < 1.29 is 27.1 Å². The first-order chi connectivity index (χ1) is 12.3. The summed E-state index contributed by atoms with van der Waals surface area (Å²) in [5.41, 5.74) is 0.235. The molecule has 0 aliphatic heterocycles. The highest BCUT2D eigenvalue weighted by Gasteiger charge is 2.28. The van der Waals surface area contributed by atoms with Gasteiger partial charge in [-0.25, -0.2) is 0 Å². The Morgan fingerprint density at radius 2 is 1.77 bits per heavy atom. The van der Waals surface area contributed by atoms with Gasteiger partial charge in [-0.15, -0.1) is 0 Å². The van der Waals surface area contributed by atoms with Gasteiger partial charge in [0.2, 0.25) is 0 Å². The second-order valence-electron chi connectivity index (χ2n) is 5.35. The molecule has 5 nitrogen and oxygen atoms in total. The largest absolute Gasteiger partial charge is 0.484 e. The van der Waals surface area contributed by atoms with Crippen molar-refractivity contribution in [2.24, 2.45) is 0 Å². The van der Waals surface area contributed by atoms with E-state index in [0.29, 0.717) is 11.1 Å². The lowest BCUT2D eigenvalue weighted by Gasteiger charge is -2.10. The van der Waals surface area contributed by atoms with E-state index >= 15 is 0 Å². The van der Waals surface area contributed by atoms with Crippen molar-refractivity contribution in [3.63, 3.8) is 0 Å². The SMILES string of the molecule is O=C(Nc1ccc(OCC(F)(F)F)cc1)c1cc(=O)c2ccccc2o1. The maximum Gasteiger partial charge on any atom is 0.422 e. The quantitative estimate of drug-likeness (QED) is 0.761. The molecule has 134 valence electrons. The average molecular weight is 363 g/mol. The Morgan fingerprint density at radius 3 is 2.46 bits per heavy atom. The van der Waals surface area contributed by atoms with Gasteiger partial charge in [0.25, 0.3) is 5.91 Å².